The molecule has 6 heteroatoms. The van der Waals surface area contributed by atoms with Gasteiger partial charge in [-0.15, -0.1) is 0 Å². The molecule has 0 heterocycles. The largest absolute Gasteiger partial charge is 0.466 e. The number of hydrogen-bond donors (Lipinski definition) is 0. The second kappa shape index (κ2) is 9.93. The van der Waals surface area contributed by atoms with Crippen LogP contribution in [0.5, 0.6) is 0 Å². The summed E-state index contributed by atoms with van der Waals surface area (Å²) in [6, 6.07) is 1.02. The topological polar surface area (TPSA) is 44.8 Å². The first-order valence-electron chi connectivity index (χ1n) is 5.85. The number of thioether (sulfide) groups is 1. The number of rotatable bonds is 10. The molecule has 0 aromatic heterocycles. The third-order valence-corrected chi connectivity index (χ3v) is 6.67. The Hall–Kier alpha value is -0.0431. The Morgan fingerprint density at radius 3 is 2.29 bits per heavy atom. The van der Waals surface area contributed by atoms with Crippen molar-refractivity contribution in [1.82, 2.24) is 0 Å². The van der Waals surface area contributed by atoms with Crippen LogP contribution in [0.25, 0.3) is 0 Å². The minimum absolute atomic E-state index is 0.197. The van der Waals surface area contributed by atoms with Gasteiger partial charge in [0.1, 0.15) is 0 Å². The highest BCUT2D eigenvalue weighted by molar-refractivity contribution is 7.99. The maximum Gasteiger partial charge on any atom is 0.334 e. The monoisotopic (exact) mass is 280 g/mol. The van der Waals surface area contributed by atoms with Crippen LogP contribution in [0.2, 0.25) is 12.6 Å². The zero-order valence-corrected chi connectivity index (χ0v) is 13.1. The van der Waals surface area contributed by atoms with Crippen LogP contribution in [0.3, 0.4) is 0 Å². The van der Waals surface area contributed by atoms with Crippen molar-refractivity contribution < 1.29 is 18.4 Å². The van der Waals surface area contributed by atoms with Gasteiger partial charge in [0.25, 0.3) is 0 Å². The van der Waals surface area contributed by atoms with Crippen molar-refractivity contribution >= 4 is 26.3 Å². The molecule has 4 nitrogen and oxygen atoms in total. The summed E-state index contributed by atoms with van der Waals surface area (Å²) in [4.78, 5) is 10.5. The SMILES string of the molecule is CO[Si](C)(CCCSCCCOC(C)=O)OC. The van der Waals surface area contributed by atoms with Crippen LogP contribution in [-0.4, -0.2) is 46.9 Å². The maximum atomic E-state index is 10.5. The highest BCUT2D eigenvalue weighted by atomic mass is 32.2. The van der Waals surface area contributed by atoms with Crippen LogP contribution < -0.4 is 0 Å². The van der Waals surface area contributed by atoms with E-state index in [-0.39, 0.29) is 5.97 Å². The lowest BCUT2D eigenvalue weighted by atomic mass is 10.5. The van der Waals surface area contributed by atoms with Gasteiger partial charge < -0.3 is 13.6 Å². The molecule has 0 aromatic carbocycles. The van der Waals surface area contributed by atoms with Crippen LogP contribution >= 0.6 is 11.8 Å². The molecule has 0 saturated heterocycles. The molecule has 0 aliphatic rings. The minimum atomic E-state index is -1.87. The maximum absolute atomic E-state index is 10.5. The molecular weight excluding hydrogens is 256 g/mol. The van der Waals surface area contributed by atoms with Gasteiger partial charge in [-0.25, -0.2) is 0 Å². The van der Waals surface area contributed by atoms with Crippen LogP contribution in [0, 0.1) is 0 Å². The fourth-order valence-corrected chi connectivity index (χ4v) is 3.79. The lowest BCUT2D eigenvalue weighted by Crippen LogP contribution is -2.35. The number of hydrogen-bond acceptors (Lipinski definition) is 5. The van der Waals surface area contributed by atoms with Crippen molar-refractivity contribution in [2.24, 2.45) is 0 Å². The van der Waals surface area contributed by atoms with Gasteiger partial charge in [-0.1, -0.05) is 0 Å². The van der Waals surface area contributed by atoms with Gasteiger partial charge in [0.15, 0.2) is 0 Å². The molecular formula is C11H24O4SSi. The van der Waals surface area contributed by atoms with E-state index >= 15 is 0 Å². The van der Waals surface area contributed by atoms with Gasteiger partial charge in [0.05, 0.1) is 6.61 Å². The normalized spacial score (nSPS) is 11.5. The summed E-state index contributed by atoms with van der Waals surface area (Å²) in [5.74, 6) is 1.94. The summed E-state index contributed by atoms with van der Waals surface area (Å²) >= 11 is 1.89. The van der Waals surface area contributed by atoms with E-state index in [9.17, 15) is 4.79 Å². The molecule has 0 radical (unpaired) electrons. The first-order valence-corrected chi connectivity index (χ1v) is 9.53. The smallest absolute Gasteiger partial charge is 0.334 e. The highest BCUT2D eigenvalue weighted by Crippen LogP contribution is 2.16. The van der Waals surface area contributed by atoms with E-state index in [2.05, 4.69) is 6.55 Å². The second-order valence-electron chi connectivity index (χ2n) is 3.95. The van der Waals surface area contributed by atoms with E-state index in [1.165, 1.54) is 6.92 Å². The summed E-state index contributed by atoms with van der Waals surface area (Å²) in [5.41, 5.74) is 0. The third-order valence-electron chi connectivity index (χ3n) is 2.52. The molecule has 0 aliphatic heterocycles. The molecule has 0 rings (SSSR count). The molecule has 0 atom stereocenters. The molecule has 0 bridgehead atoms. The van der Waals surface area contributed by atoms with Gasteiger partial charge in [0.2, 0.25) is 0 Å². The molecule has 0 fully saturated rings. The van der Waals surface area contributed by atoms with Crippen molar-refractivity contribution in [2.75, 3.05) is 32.3 Å². The molecule has 0 saturated carbocycles. The molecule has 0 amide bonds. The number of carbonyl (C=O) groups excluding carboxylic acids is 1. The summed E-state index contributed by atoms with van der Waals surface area (Å²) < 4.78 is 15.7. The Morgan fingerprint density at radius 2 is 1.76 bits per heavy atom. The fourth-order valence-electron chi connectivity index (χ4n) is 1.26. The standard InChI is InChI=1S/C11H24O4SSi/c1-11(12)15-7-5-8-16-9-6-10-17(4,13-2)14-3/h5-10H2,1-4H3. The first kappa shape index (κ1) is 17.0. The Labute approximate surface area is 110 Å². The number of carbonyl (C=O) groups is 1. The quantitative estimate of drug-likeness (QED) is 0.349. The van der Waals surface area contributed by atoms with E-state index in [1.807, 2.05) is 11.8 Å². The summed E-state index contributed by atoms with van der Waals surface area (Å²) in [6.07, 6.45) is 2.04. The average molecular weight is 280 g/mol. The van der Waals surface area contributed by atoms with E-state index in [1.54, 1.807) is 14.2 Å². The summed E-state index contributed by atoms with van der Waals surface area (Å²) in [5, 5.41) is 0. The lowest BCUT2D eigenvalue weighted by molar-refractivity contribution is -0.140. The van der Waals surface area contributed by atoms with E-state index < -0.39 is 8.56 Å². The van der Waals surface area contributed by atoms with Crippen LogP contribution in [0.1, 0.15) is 19.8 Å². The van der Waals surface area contributed by atoms with E-state index in [4.69, 9.17) is 13.6 Å². The number of esters is 1. The molecule has 102 valence electrons. The molecule has 17 heavy (non-hydrogen) atoms. The van der Waals surface area contributed by atoms with Gasteiger partial charge in [-0.2, -0.15) is 11.8 Å². The van der Waals surface area contributed by atoms with Gasteiger partial charge in [-0.05, 0) is 36.9 Å². The molecule has 0 N–H and O–H groups in total. The van der Waals surface area contributed by atoms with Crippen LogP contribution in [0.15, 0.2) is 0 Å². The predicted molar refractivity (Wildman–Crippen MR) is 73.6 cm³/mol. The third kappa shape index (κ3) is 9.64. The fraction of sp³-hybridized carbons (Fsp3) is 0.909. The van der Waals surface area contributed by atoms with Crippen LogP contribution in [0.4, 0.5) is 0 Å². The molecule has 0 unspecified atom stereocenters. The Balaban J connectivity index is 3.32. The van der Waals surface area contributed by atoms with Crippen molar-refractivity contribution in [2.45, 2.75) is 32.4 Å². The summed E-state index contributed by atoms with van der Waals surface area (Å²) in [6.45, 7) is 4.05. The number of ether oxygens (including phenoxy) is 1. The second-order valence-corrected chi connectivity index (χ2v) is 8.76. The van der Waals surface area contributed by atoms with Crippen molar-refractivity contribution in [3.8, 4) is 0 Å². The minimum Gasteiger partial charge on any atom is -0.466 e. The van der Waals surface area contributed by atoms with Gasteiger partial charge in [-0.3, -0.25) is 4.79 Å². The van der Waals surface area contributed by atoms with Gasteiger partial charge in [0, 0.05) is 21.1 Å². The lowest BCUT2D eigenvalue weighted by Gasteiger charge is -2.22. The van der Waals surface area contributed by atoms with Crippen molar-refractivity contribution in [3.05, 3.63) is 0 Å². The Bertz CT molecular complexity index is 210. The first-order chi connectivity index (χ1) is 8.04. The predicted octanol–water partition coefficient (Wildman–Crippen LogP) is 2.43. The zero-order chi connectivity index (χ0) is 13.1. The Kier molecular flexibility index (Phi) is 9.91. The summed E-state index contributed by atoms with van der Waals surface area (Å²) in [7, 11) is 1.58. The molecule has 0 spiro atoms. The van der Waals surface area contributed by atoms with Crippen molar-refractivity contribution in [3.63, 3.8) is 0 Å². The molecule has 0 aromatic rings. The zero-order valence-electron chi connectivity index (χ0n) is 11.3. The Morgan fingerprint density at radius 1 is 1.18 bits per heavy atom. The van der Waals surface area contributed by atoms with Gasteiger partial charge >= 0.3 is 14.5 Å². The van der Waals surface area contributed by atoms with Crippen LogP contribution in [-0.2, 0) is 18.4 Å². The molecule has 0 aliphatic carbocycles. The van der Waals surface area contributed by atoms with Crippen molar-refractivity contribution in [1.29, 1.82) is 0 Å². The van der Waals surface area contributed by atoms with E-state index in [0.29, 0.717) is 6.61 Å². The highest BCUT2D eigenvalue weighted by Gasteiger charge is 2.27. The average Bonchev–Trinajstić information content (AvgIpc) is 2.32. The van der Waals surface area contributed by atoms with E-state index in [0.717, 1.165) is 30.4 Å².